The van der Waals surface area contributed by atoms with E-state index < -0.39 is 0 Å². The molecule has 0 fully saturated rings. The van der Waals surface area contributed by atoms with E-state index in [1.165, 1.54) is 0 Å². The molecule has 0 saturated heterocycles. The van der Waals surface area contributed by atoms with Crippen LogP contribution in [-0.2, 0) is 17.1 Å². The fourth-order valence-corrected chi connectivity index (χ4v) is 0. The summed E-state index contributed by atoms with van der Waals surface area (Å²) in [7, 11) is 0. The van der Waals surface area contributed by atoms with Crippen molar-refractivity contribution in [2.24, 2.45) is 0 Å². The van der Waals surface area contributed by atoms with Gasteiger partial charge in [-0.25, -0.2) is 0 Å². The number of hydrogen-bond acceptors (Lipinski definition) is 6. The van der Waals surface area contributed by atoms with Crippen LogP contribution >= 0.6 is 0 Å². The van der Waals surface area contributed by atoms with Gasteiger partial charge in [-0.3, -0.25) is 0 Å². The third-order valence-corrected chi connectivity index (χ3v) is 0. The average molecular weight is 338 g/mol. The molecule has 122 valence electrons. The molecule has 14 heteroatoms. The Kier molecular flexibility index (Phi) is 10400. The summed E-state index contributed by atoms with van der Waals surface area (Å²) in [6.45, 7) is 28.5. The van der Waals surface area contributed by atoms with Gasteiger partial charge in [-0.05, 0) is 0 Å². The zero-order chi connectivity index (χ0) is 12.0. The van der Waals surface area contributed by atoms with Crippen LogP contribution in [0.1, 0.15) is 0 Å². The third kappa shape index (κ3) is 384. The number of rotatable bonds is 0. The quantitative estimate of drug-likeness (QED) is 0.335. The molecule has 20 heavy (non-hydrogen) atoms. The number of quaternary nitrogens is 4. The zero-order valence-electron chi connectivity index (χ0n) is 11.5. The Morgan fingerprint density at radius 3 is 0.300 bits per heavy atom. The molecule has 0 aromatic rings. The third-order valence-electron chi connectivity index (χ3n) is 0. The first-order valence-corrected chi connectivity index (χ1v) is 1.34. The maximum atomic E-state index is 6.25. The van der Waals surface area contributed by atoms with Gasteiger partial charge in [-0.15, -0.1) is 0 Å². The summed E-state index contributed by atoms with van der Waals surface area (Å²) in [6, 6.07) is 0. The van der Waals surface area contributed by atoms with Gasteiger partial charge in [0.25, 0.3) is 0 Å². The molecule has 0 atom stereocenters. The molecule has 0 aliphatic rings. The van der Waals surface area contributed by atoms with Crippen LogP contribution in [0.25, 0.3) is 0 Å². The second-order valence-electron chi connectivity index (χ2n) is 0. The maximum absolute atomic E-state index is 6.25. The van der Waals surface area contributed by atoms with Gasteiger partial charge in [0.1, 0.15) is 0 Å². The summed E-state index contributed by atoms with van der Waals surface area (Å²) >= 11 is 0. The molecular weight excluding hydrogens is 316 g/mol. The molecule has 22 N–H and O–H groups in total. The second-order valence-corrected chi connectivity index (χ2v) is 0. The van der Waals surface area contributed by atoms with E-state index in [0.29, 0.717) is 0 Å². The Balaban J connectivity index is -0.00000000167. The predicted octanol–water partition coefficient (Wildman–Crippen LogP) is -0.394. The van der Waals surface area contributed by atoms with E-state index in [1.807, 2.05) is 0 Å². The normalized spacial score (nSPS) is 0.600. The first-order valence-electron chi connectivity index (χ1n) is 1.34. The molecule has 0 radical (unpaired) electrons. The zero-order valence-corrected chi connectivity index (χ0v) is 12.6. The molecule has 0 spiro atoms. The minimum atomic E-state index is 0. The Morgan fingerprint density at radius 2 is 0.300 bits per heavy atom. The van der Waals surface area contributed by atoms with Crippen molar-refractivity contribution in [1.82, 2.24) is 24.6 Å². The molecule has 0 aliphatic carbocycles. The molecular formula is C6H22FeN10O3. The summed E-state index contributed by atoms with van der Waals surface area (Å²) in [5.41, 5.74) is 0. The fraction of sp³-hybridized carbons (Fsp3) is 0. The van der Waals surface area contributed by atoms with Crippen molar-refractivity contribution < 1.29 is 33.5 Å². The van der Waals surface area contributed by atoms with Gasteiger partial charge in [0, 0.05) is 0 Å². The van der Waals surface area contributed by atoms with E-state index in [-0.39, 0.29) is 58.1 Å². The van der Waals surface area contributed by atoms with Gasteiger partial charge in [-0.2, -0.15) is 0 Å². The van der Waals surface area contributed by atoms with Crippen molar-refractivity contribution in [1.29, 1.82) is 31.6 Å². The summed E-state index contributed by atoms with van der Waals surface area (Å²) in [4.78, 5) is 0. The summed E-state index contributed by atoms with van der Waals surface area (Å²) in [5, 5.41) is 37.5. The molecule has 0 aromatic heterocycles. The molecule has 0 aliphatic heterocycles. The van der Waals surface area contributed by atoms with Crippen molar-refractivity contribution in [2.45, 2.75) is 0 Å². The molecule has 0 aromatic carbocycles. The molecule has 0 amide bonds. The van der Waals surface area contributed by atoms with Crippen molar-refractivity contribution >= 4 is 0 Å². The SMILES string of the molecule is O.O.O.[C-]#N.[C-]#N.[C-]#N.[C-]#N.[C-]#N.[C-]#N.[Fe+2].[NH4+].[NH4+].[NH4+].[NH4+]. The van der Waals surface area contributed by atoms with Gasteiger partial charge in [0.2, 0.25) is 0 Å². The summed E-state index contributed by atoms with van der Waals surface area (Å²) in [5.74, 6) is 0. The van der Waals surface area contributed by atoms with Gasteiger partial charge < -0.3 is 112 Å². The maximum Gasteiger partial charge on any atom is 2.00 e. The predicted molar refractivity (Wildman–Crippen MR) is 64.6 cm³/mol. The van der Waals surface area contributed by atoms with Crippen molar-refractivity contribution in [3.63, 3.8) is 0 Å². The van der Waals surface area contributed by atoms with E-state index in [1.54, 1.807) is 0 Å². The van der Waals surface area contributed by atoms with Crippen LogP contribution in [0.4, 0.5) is 0 Å². The van der Waals surface area contributed by atoms with Gasteiger partial charge in [0.15, 0.2) is 0 Å². The van der Waals surface area contributed by atoms with E-state index in [9.17, 15) is 0 Å². The Morgan fingerprint density at radius 1 is 0.300 bits per heavy atom. The van der Waals surface area contributed by atoms with Crippen LogP contribution in [0, 0.1) is 71.0 Å². The molecule has 0 heterocycles. The van der Waals surface area contributed by atoms with E-state index >= 15 is 0 Å². The van der Waals surface area contributed by atoms with Gasteiger partial charge in [-0.1, -0.05) is 0 Å². The van der Waals surface area contributed by atoms with Crippen LogP contribution in [-0.4, -0.2) is 16.4 Å². The van der Waals surface area contributed by atoms with Crippen molar-refractivity contribution in [3.05, 3.63) is 39.4 Å². The Hall–Kier alpha value is -2.82. The van der Waals surface area contributed by atoms with Gasteiger partial charge >= 0.3 is 17.1 Å². The van der Waals surface area contributed by atoms with Crippen LogP contribution in [0.2, 0.25) is 0 Å². The number of nitrogens with zero attached hydrogens (tertiary/aromatic N) is 6. The largest absolute Gasteiger partial charge is 2.00 e. The van der Waals surface area contributed by atoms with Crippen LogP contribution in [0.3, 0.4) is 0 Å². The molecule has 0 unspecified atom stereocenters. The van der Waals surface area contributed by atoms with Crippen molar-refractivity contribution in [2.75, 3.05) is 0 Å². The topological polar surface area (TPSA) is 383 Å². The molecule has 0 bridgehead atoms. The first kappa shape index (κ1) is 445. The number of hydrogen-bond donors (Lipinski definition) is 4. The summed E-state index contributed by atoms with van der Waals surface area (Å²) < 4.78 is 0. The molecule has 0 saturated carbocycles. The minimum absolute atomic E-state index is 0. The standard InChI is InChI=1S/6CN.Fe.4H3N.3H2O/c6*1-2;;;;;;;;/h;;;;;;;4*1H3;3*1H2/q6*-1;+2;;;;;;;/p+4. The smallest absolute Gasteiger partial charge is 0.512 e. The van der Waals surface area contributed by atoms with E-state index in [0.717, 1.165) is 0 Å². The van der Waals surface area contributed by atoms with Gasteiger partial charge in [0.05, 0.1) is 0 Å². The second kappa shape index (κ2) is 469. The van der Waals surface area contributed by atoms with E-state index in [4.69, 9.17) is 71.0 Å². The average Bonchev–Trinajstić information content (AvgIpc) is 2.33. The molecule has 0 rings (SSSR count). The van der Waals surface area contributed by atoms with E-state index in [2.05, 4.69) is 0 Å². The van der Waals surface area contributed by atoms with Crippen LogP contribution in [0.5, 0.6) is 0 Å². The van der Waals surface area contributed by atoms with Crippen LogP contribution < -0.4 is 24.6 Å². The minimum Gasteiger partial charge on any atom is -0.512 e. The monoisotopic (exact) mass is 338 g/mol. The van der Waals surface area contributed by atoms with Crippen molar-refractivity contribution in [3.8, 4) is 0 Å². The fourth-order valence-electron chi connectivity index (χ4n) is 0. The Bertz CT molecular complexity index is 108. The summed E-state index contributed by atoms with van der Waals surface area (Å²) in [6.07, 6.45) is 0. The Labute approximate surface area is 130 Å². The van der Waals surface area contributed by atoms with Crippen LogP contribution in [0.15, 0.2) is 0 Å². The first-order chi connectivity index (χ1) is 6.00. The molecule has 13 nitrogen and oxygen atoms in total.